The summed E-state index contributed by atoms with van der Waals surface area (Å²) in [5.74, 6) is 0. The van der Waals surface area contributed by atoms with Gasteiger partial charge in [0.15, 0.2) is 0 Å². The minimum atomic E-state index is 0.319. The summed E-state index contributed by atoms with van der Waals surface area (Å²) in [6, 6.07) is 8.84. The maximum atomic E-state index is 4.34. The Kier molecular flexibility index (Phi) is 4.77. The first-order valence-electron chi connectivity index (χ1n) is 6.58. The van der Waals surface area contributed by atoms with E-state index in [-0.39, 0.29) is 0 Å². The van der Waals surface area contributed by atoms with Gasteiger partial charge in [0, 0.05) is 28.8 Å². The number of benzene rings is 1. The average molecular weight is 322 g/mol. The lowest BCUT2D eigenvalue weighted by molar-refractivity contribution is 0.546. The van der Waals surface area contributed by atoms with Crippen LogP contribution in [0, 0.1) is 6.92 Å². The molecule has 0 amide bonds. The van der Waals surface area contributed by atoms with Crippen LogP contribution in [0.1, 0.15) is 29.8 Å². The molecule has 1 aromatic carbocycles. The zero-order valence-corrected chi connectivity index (χ0v) is 13.2. The lowest BCUT2D eigenvalue weighted by Crippen LogP contribution is -2.23. The number of rotatable bonds is 5. The number of nitrogens with zero attached hydrogens (tertiary/aromatic N) is 2. The molecule has 4 heteroatoms. The molecule has 102 valence electrons. The molecular weight excluding hydrogens is 302 g/mol. The Bertz CT molecular complexity index is 531. The van der Waals surface area contributed by atoms with Crippen LogP contribution < -0.4 is 5.32 Å². The van der Waals surface area contributed by atoms with E-state index in [2.05, 4.69) is 64.5 Å². The van der Waals surface area contributed by atoms with E-state index < -0.39 is 0 Å². The third-order valence-electron chi connectivity index (χ3n) is 3.45. The molecule has 0 bridgehead atoms. The highest BCUT2D eigenvalue weighted by atomic mass is 79.9. The van der Waals surface area contributed by atoms with Crippen LogP contribution in [0.5, 0.6) is 0 Å². The Labute approximate surface area is 123 Å². The minimum absolute atomic E-state index is 0.319. The SMILES string of the molecule is CCNC(Cc1ccc(Br)cc1)c1cnn(C)c1C. The molecule has 0 aliphatic carbocycles. The van der Waals surface area contributed by atoms with E-state index >= 15 is 0 Å². The largest absolute Gasteiger partial charge is 0.310 e. The molecule has 0 aliphatic rings. The van der Waals surface area contributed by atoms with Crippen molar-refractivity contribution in [3.63, 3.8) is 0 Å². The number of likely N-dealkylation sites (N-methyl/N-ethyl adjacent to an activating group) is 1. The van der Waals surface area contributed by atoms with Crippen molar-refractivity contribution in [2.24, 2.45) is 7.05 Å². The highest BCUT2D eigenvalue weighted by Gasteiger charge is 2.16. The van der Waals surface area contributed by atoms with Crippen molar-refractivity contribution in [3.8, 4) is 0 Å². The van der Waals surface area contributed by atoms with Gasteiger partial charge in [0.1, 0.15) is 0 Å². The fourth-order valence-corrected chi connectivity index (χ4v) is 2.52. The standard InChI is InChI=1S/C15H20BrN3/c1-4-17-15(14-10-18-19(3)11(14)2)9-12-5-7-13(16)8-6-12/h5-8,10,15,17H,4,9H2,1-3H3. The van der Waals surface area contributed by atoms with Crippen LogP contribution in [-0.2, 0) is 13.5 Å². The average Bonchev–Trinajstić information content (AvgIpc) is 2.72. The van der Waals surface area contributed by atoms with Crippen molar-refractivity contribution < 1.29 is 0 Å². The Balaban J connectivity index is 2.21. The summed E-state index contributed by atoms with van der Waals surface area (Å²) in [5, 5.41) is 7.90. The van der Waals surface area contributed by atoms with Crippen LogP contribution in [0.25, 0.3) is 0 Å². The topological polar surface area (TPSA) is 29.9 Å². The predicted octanol–water partition coefficient (Wildman–Crippen LogP) is 3.38. The maximum absolute atomic E-state index is 4.34. The highest BCUT2D eigenvalue weighted by Crippen LogP contribution is 2.22. The molecule has 3 nitrogen and oxygen atoms in total. The number of aromatic nitrogens is 2. The van der Waals surface area contributed by atoms with E-state index in [4.69, 9.17) is 0 Å². The molecule has 0 saturated heterocycles. The summed E-state index contributed by atoms with van der Waals surface area (Å²) in [4.78, 5) is 0. The van der Waals surface area contributed by atoms with Crippen LogP contribution in [0.2, 0.25) is 0 Å². The number of hydrogen-bond acceptors (Lipinski definition) is 2. The zero-order chi connectivity index (χ0) is 13.8. The van der Waals surface area contributed by atoms with E-state index in [1.807, 2.05) is 17.9 Å². The number of nitrogens with one attached hydrogen (secondary N) is 1. The molecule has 1 heterocycles. The van der Waals surface area contributed by atoms with Gasteiger partial charge >= 0.3 is 0 Å². The summed E-state index contributed by atoms with van der Waals surface area (Å²) in [6.07, 6.45) is 2.95. The van der Waals surface area contributed by atoms with Crippen LogP contribution in [0.3, 0.4) is 0 Å². The summed E-state index contributed by atoms with van der Waals surface area (Å²) in [5.41, 5.74) is 3.84. The summed E-state index contributed by atoms with van der Waals surface area (Å²) < 4.78 is 3.05. The van der Waals surface area contributed by atoms with E-state index in [0.717, 1.165) is 17.4 Å². The molecular formula is C15H20BrN3. The van der Waals surface area contributed by atoms with Crippen molar-refractivity contribution in [2.75, 3.05) is 6.54 Å². The second-order valence-corrected chi connectivity index (χ2v) is 5.67. The van der Waals surface area contributed by atoms with E-state index in [1.54, 1.807) is 0 Å². The smallest absolute Gasteiger partial charge is 0.0540 e. The van der Waals surface area contributed by atoms with Crippen molar-refractivity contribution in [2.45, 2.75) is 26.3 Å². The van der Waals surface area contributed by atoms with Crippen molar-refractivity contribution in [1.82, 2.24) is 15.1 Å². The first-order chi connectivity index (χ1) is 9.11. The summed E-state index contributed by atoms with van der Waals surface area (Å²) in [6.45, 7) is 5.21. The molecule has 0 spiro atoms. The van der Waals surface area contributed by atoms with Crippen molar-refractivity contribution in [1.29, 1.82) is 0 Å². The third kappa shape index (κ3) is 3.45. The molecule has 1 N–H and O–H groups in total. The van der Waals surface area contributed by atoms with Crippen molar-refractivity contribution in [3.05, 3.63) is 51.8 Å². The van der Waals surface area contributed by atoms with E-state index in [0.29, 0.717) is 6.04 Å². The maximum Gasteiger partial charge on any atom is 0.0540 e. The highest BCUT2D eigenvalue weighted by molar-refractivity contribution is 9.10. The van der Waals surface area contributed by atoms with Gasteiger partial charge < -0.3 is 5.32 Å². The lowest BCUT2D eigenvalue weighted by Gasteiger charge is -2.18. The molecule has 0 radical (unpaired) electrons. The lowest BCUT2D eigenvalue weighted by atomic mass is 9.99. The second-order valence-electron chi connectivity index (χ2n) is 4.75. The quantitative estimate of drug-likeness (QED) is 0.914. The van der Waals surface area contributed by atoms with E-state index in [1.165, 1.54) is 16.8 Å². The van der Waals surface area contributed by atoms with Crippen LogP contribution in [0.4, 0.5) is 0 Å². The molecule has 2 aromatic rings. The van der Waals surface area contributed by atoms with Gasteiger partial charge in [-0.05, 0) is 37.6 Å². The molecule has 0 saturated carbocycles. The monoisotopic (exact) mass is 321 g/mol. The molecule has 19 heavy (non-hydrogen) atoms. The molecule has 1 unspecified atom stereocenters. The van der Waals surface area contributed by atoms with Gasteiger partial charge in [-0.25, -0.2) is 0 Å². The van der Waals surface area contributed by atoms with Crippen LogP contribution in [0.15, 0.2) is 34.9 Å². The first kappa shape index (κ1) is 14.3. The third-order valence-corrected chi connectivity index (χ3v) is 3.98. The predicted molar refractivity (Wildman–Crippen MR) is 82.2 cm³/mol. The number of hydrogen-bond donors (Lipinski definition) is 1. The molecule has 2 rings (SSSR count). The normalized spacial score (nSPS) is 12.6. The zero-order valence-electron chi connectivity index (χ0n) is 11.7. The van der Waals surface area contributed by atoms with Gasteiger partial charge in [-0.1, -0.05) is 35.0 Å². The Morgan fingerprint density at radius 3 is 2.53 bits per heavy atom. The van der Waals surface area contributed by atoms with Crippen LogP contribution in [-0.4, -0.2) is 16.3 Å². The van der Waals surface area contributed by atoms with E-state index in [9.17, 15) is 0 Å². The Morgan fingerprint density at radius 2 is 2.00 bits per heavy atom. The molecule has 1 atom stereocenters. The number of halogens is 1. The fraction of sp³-hybridized carbons (Fsp3) is 0.400. The number of aryl methyl sites for hydroxylation is 1. The fourth-order valence-electron chi connectivity index (χ4n) is 2.25. The second kappa shape index (κ2) is 6.35. The molecule has 0 fully saturated rings. The molecule has 0 aliphatic heterocycles. The summed E-state index contributed by atoms with van der Waals surface area (Å²) >= 11 is 3.47. The Hall–Kier alpha value is -1.13. The van der Waals surface area contributed by atoms with Gasteiger partial charge in [-0.2, -0.15) is 5.10 Å². The Morgan fingerprint density at radius 1 is 1.32 bits per heavy atom. The molecule has 1 aromatic heterocycles. The van der Waals surface area contributed by atoms with Crippen LogP contribution >= 0.6 is 15.9 Å². The minimum Gasteiger partial charge on any atom is -0.310 e. The first-order valence-corrected chi connectivity index (χ1v) is 7.37. The van der Waals surface area contributed by atoms with Gasteiger partial charge in [-0.3, -0.25) is 4.68 Å². The summed E-state index contributed by atoms with van der Waals surface area (Å²) in [7, 11) is 1.99. The van der Waals surface area contributed by atoms with Gasteiger partial charge in [0.25, 0.3) is 0 Å². The van der Waals surface area contributed by atoms with Crippen molar-refractivity contribution >= 4 is 15.9 Å². The van der Waals surface area contributed by atoms with Gasteiger partial charge in [0.05, 0.1) is 6.20 Å². The van der Waals surface area contributed by atoms with Gasteiger partial charge in [-0.15, -0.1) is 0 Å². The van der Waals surface area contributed by atoms with Gasteiger partial charge in [0.2, 0.25) is 0 Å².